The molecule has 43 heavy (non-hydrogen) atoms. The molecule has 1 saturated carbocycles. The van der Waals surface area contributed by atoms with Crippen LogP contribution in [0.3, 0.4) is 0 Å². The maximum absolute atomic E-state index is 12.6. The SMILES string of the molecule is C=C(NC)c1ccc2c(c1)CCc1cc(C(=O)NC)ccc1C2(CCNCC(=C)N1C(C#N)C[C@@H]2C[C@@H]21)c1nnc(C)o1. The van der Waals surface area contributed by atoms with Gasteiger partial charge in [0, 0.05) is 50.6 Å². The Hall–Kier alpha value is -4.42. The monoisotopic (exact) mass is 577 g/mol. The van der Waals surface area contributed by atoms with Crippen molar-refractivity contribution in [2.45, 2.75) is 56.5 Å². The number of likely N-dealkylation sites (tertiary alicyclic amines) is 1. The smallest absolute Gasteiger partial charge is 0.251 e. The van der Waals surface area contributed by atoms with E-state index < -0.39 is 5.41 Å². The van der Waals surface area contributed by atoms with Crippen LogP contribution >= 0.6 is 0 Å². The fourth-order valence-corrected chi connectivity index (χ4v) is 7.17. The van der Waals surface area contributed by atoms with E-state index in [2.05, 4.69) is 74.5 Å². The van der Waals surface area contributed by atoms with Gasteiger partial charge in [0.15, 0.2) is 0 Å². The molecule has 3 aliphatic rings. The number of piperidine rings is 1. The summed E-state index contributed by atoms with van der Waals surface area (Å²) in [6.45, 7) is 11.6. The summed E-state index contributed by atoms with van der Waals surface area (Å²) in [5, 5.41) is 28.1. The van der Waals surface area contributed by atoms with E-state index in [-0.39, 0.29) is 11.9 Å². The Kier molecular flexibility index (Phi) is 7.57. The Morgan fingerprint density at radius 3 is 2.40 bits per heavy atom. The molecular weight excluding hydrogens is 538 g/mol. The molecule has 1 aromatic heterocycles. The summed E-state index contributed by atoms with van der Waals surface area (Å²) < 4.78 is 6.28. The molecule has 1 aliphatic heterocycles. The normalized spacial score (nSPS) is 23.3. The summed E-state index contributed by atoms with van der Waals surface area (Å²) in [5.74, 6) is 1.55. The van der Waals surface area contributed by atoms with E-state index in [0.717, 1.165) is 59.3 Å². The van der Waals surface area contributed by atoms with Crippen LogP contribution in [0, 0.1) is 24.2 Å². The Balaban J connectivity index is 1.40. The molecule has 4 atom stereocenters. The molecule has 9 nitrogen and oxygen atoms in total. The molecule has 2 unspecified atom stereocenters. The van der Waals surface area contributed by atoms with Gasteiger partial charge in [0.25, 0.3) is 5.91 Å². The largest absolute Gasteiger partial charge is 0.424 e. The summed E-state index contributed by atoms with van der Waals surface area (Å²) in [5.41, 5.74) is 7.15. The first-order valence-electron chi connectivity index (χ1n) is 15.0. The second-order valence-electron chi connectivity index (χ2n) is 11.9. The first-order valence-corrected chi connectivity index (χ1v) is 15.0. The van der Waals surface area contributed by atoms with Crippen LogP contribution in [0.5, 0.6) is 0 Å². The van der Waals surface area contributed by atoms with Gasteiger partial charge in [-0.25, -0.2) is 0 Å². The topological polar surface area (TPSA) is 119 Å². The quantitative estimate of drug-likeness (QED) is 0.311. The van der Waals surface area contributed by atoms with E-state index in [1.54, 1.807) is 7.05 Å². The molecule has 222 valence electrons. The van der Waals surface area contributed by atoms with Crippen LogP contribution in [0.15, 0.2) is 59.7 Å². The first kappa shape index (κ1) is 28.7. The van der Waals surface area contributed by atoms with Gasteiger partial charge in [-0.15, -0.1) is 10.2 Å². The number of nitrogens with zero attached hydrogens (tertiary/aromatic N) is 4. The molecule has 2 aromatic carbocycles. The first-order chi connectivity index (χ1) is 20.8. The molecule has 3 aromatic rings. The average Bonchev–Trinajstić information content (AvgIpc) is 3.52. The molecule has 2 fully saturated rings. The number of amides is 1. The van der Waals surface area contributed by atoms with Crippen molar-refractivity contribution in [2.24, 2.45) is 5.92 Å². The predicted octanol–water partition coefficient (Wildman–Crippen LogP) is 3.84. The maximum Gasteiger partial charge on any atom is 0.251 e. The van der Waals surface area contributed by atoms with Gasteiger partial charge in [-0.2, -0.15) is 5.26 Å². The fourth-order valence-electron chi connectivity index (χ4n) is 7.17. The van der Waals surface area contributed by atoms with Crippen LogP contribution in [0.1, 0.15) is 69.2 Å². The van der Waals surface area contributed by atoms with Crippen molar-refractivity contribution in [1.82, 2.24) is 31.0 Å². The number of nitriles is 1. The lowest BCUT2D eigenvalue weighted by atomic mass is 9.69. The molecule has 1 amide bonds. The van der Waals surface area contributed by atoms with E-state index in [1.165, 1.54) is 5.56 Å². The summed E-state index contributed by atoms with van der Waals surface area (Å²) in [7, 11) is 3.52. The zero-order valence-corrected chi connectivity index (χ0v) is 25.2. The van der Waals surface area contributed by atoms with Crippen LogP contribution in [0.4, 0.5) is 0 Å². The minimum atomic E-state index is -0.748. The lowest BCUT2D eigenvalue weighted by Crippen LogP contribution is -2.38. The number of aromatic nitrogens is 2. The maximum atomic E-state index is 12.6. The zero-order valence-electron chi connectivity index (χ0n) is 25.2. The number of fused-ring (bicyclic) bond motifs is 3. The number of nitrogens with one attached hydrogen (secondary N) is 3. The van der Waals surface area contributed by atoms with Gasteiger partial charge < -0.3 is 25.3 Å². The van der Waals surface area contributed by atoms with Gasteiger partial charge in [-0.1, -0.05) is 31.4 Å². The van der Waals surface area contributed by atoms with Crippen molar-refractivity contribution in [3.8, 4) is 6.07 Å². The standard InChI is InChI=1S/C34H39N7O2/c1-20(41-28(18-35)16-27-17-31(27)41)19-38-13-12-34(33-40-39-22(3)43-33)29-10-8-23(21(2)36-4)14-24(29)6-7-25-15-26(32(42)37-5)9-11-30(25)34/h8-11,14-15,27-28,31,36,38H,1-2,6-7,12-13,16-17,19H2,3-5H3,(H,37,42)/t27-,28?,31+,34?/m1/s1. The number of carbonyl (C=O) groups excluding carboxylic acids is 1. The lowest BCUT2D eigenvalue weighted by Gasteiger charge is -2.34. The highest BCUT2D eigenvalue weighted by atomic mass is 16.4. The Morgan fingerprint density at radius 1 is 1.07 bits per heavy atom. The summed E-state index contributed by atoms with van der Waals surface area (Å²) in [4.78, 5) is 14.9. The molecule has 1 saturated heterocycles. The van der Waals surface area contributed by atoms with Crippen LogP contribution in [-0.4, -0.2) is 60.3 Å². The van der Waals surface area contributed by atoms with Crippen molar-refractivity contribution < 1.29 is 9.21 Å². The van der Waals surface area contributed by atoms with Gasteiger partial charge in [0.2, 0.25) is 11.8 Å². The van der Waals surface area contributed by atoms with Crippen molar-refractivity contribution in [2.75, 3.05) is 27.2 Å². The molecule has 0 spiro atoms. The third kappa shape index (κ3) is 5.00. The minimum absolute atomic E-state index is 0.0811. The van der Waals surface area contributed by atoms with E-state index in [0.29, 0.717) is 48.8 Å². The summed E-state index contributed by atoms with van der Waals surface area (Å²) in [6.07, 6.45) is 4.28. The molecule has 9 heteroatoms. The Morgan fingerprint density at radius 2 is 1.77 bits per heavy atom. The highest BCUT2D eigenvalue weighted by Crippen LogP contribution is 2.49. The third-order valence-electron chi connectivity index (χ3n) is 9.45. The molecule has 0 radical (unpaired) electrons. The Labute approximate surface area is 253 Å². The number of rotatable bonds is 10. The molecule has 2 heterocycles. The number of hydrogen-bond acceptors (Lipinski definition) is 8. The molecule has 2 aliphatic carbocycles. The second kappa shape index (κ2) is 11.3. The second-order valence-corrected chi connectivity index (χ2v) is 11.9. The van der Waals surface area contributed by atoms with Gasteiger partial charge in [-0.3, -0.25) is 4.79 Å². The Bertz CT molecular complexity index is 1570. The van der Waals surface area contributed by atoms with E-state index in [1.807, 2.05) is 26.1 Å². The highest BCUT2D eigenvalue weighted by molar-refractivity contribution is 5.94. The fraction of sp³-hybridized carbons (Fsp3) is 0.412. The van der Waals surface area contributed by atoms with Crippen LogP contribution in [-0.2, 0) is 18.3 Å². The predicted molar refractivity (Wildman–Crippen MR) is 165 cm³/mol. The summed E-state index contributed by atoms with van der Waals surface area (Å²) >= 11 is 0. The lowest BCUT2D eigenvalue weighted by molar-refractivity contribution is 0.0963. The number of hydrogen-bond donors (Lipinski definition) is 3. The zero-order chi connectivity index (χ0) is 30.3. The molecule has 3 N–H and O–H groups in total. The van der Waals surface area contributed by atoms with Crippen molar-refractivity contribution in [1.29, 1.82) is 5.26 Å². The van der Waals surface area contributed by atoms with Gasteiger partial charge in [-0.05, 0) is 90.6 Å². The molecule has 0 bridgehead atoms. The summed E-state index contributed by atoms with van der Waals surface area (Å²) in [6, 6.07) is 15.3. The van der Waals surface area contributed by atoms with E-state index >= 15 is 0 Å². The van der Waals surface area contributed by atoms with Crippen LogP contribution in [0.25, 0.3) is 5.70 Å². The number of carbonyl (C=O) groups is 1. The average molecular weight is 578 g/mol. The highest BCUT2D eigenvalue weighted by Gasteiger charge is 2.52. The number of aryl methyl sites for hydroxylation is 3. The minimum Gasteiger partial charge on any atom is -0.424 e. The van der Waals surface area contributed by atoms with E-state index in [9.17, 15) is 10.1 Å². The number of benzene rings is 2. The van der Waals surface area contributed by atoms with Crippen molar-refractivity contribution in [3.05, 3.63) is 100 Å². The van der Waals surface area contributed by atoms with E-state index in [4.69, 9.17) is 4.42 Å². The molecule has 6 rings (SSSR count). The van der Waals surface area contributed by atoms with Crippen LogP contribution in [0.2, 0.25) is 0 Å². The van der Waals surface area contributed by atoms with Gasteiger partial charge >= 0.3 is 0 Å². The van der Waals surface area contributed by atoms with Crippen LogP contribution < -0.4 is 16.0 Å². The molecular formula is C34H39N7O2. The van der Waals surface area contributed by atoms with Gasteiger partial charge in [0.05, 0.1) is 6.07 Å². The third-order valence-corrected chi connectivity index (χ3v) is 9.45. The van der Waals surface area contributed by atoms with Crippen molar-refractivity contribution in [3.63, 3.8) is 0 Å². The van der Waals surface area contributed by atoms with Gasteiger partial charge in [0.1, 0.15) is 11.5 Å². The van der Waals surface area contributed by atoms with Crippen molar-refractivity contribution >= 4 is 11.6 Å².